The molecule has 23 heavy (non-hydrogen) atoms. The number of rotatable bonds is 3. The van der Waals surface area contributed by atoms with Crippen molar-refractivity contribution < 1.29 is 9.18 Å². The molecule has 1 aromatic heterocycles. The number of hydrogen-bond acceptors (Lipinski definition) is 3. The minimum atomic E-state index is -0.232. The molecule has 2 fully saturated rings. The van der Waals surface area contributed by atoms with Gasteiger partial charge in [-0.2, -0.15) is 5.10 Å². The van der Waals surface area contributed by atoms with Crippen LogP contribution in [0.25, 0.3) is 0 Å². The van der Waals surface area contributed by atoms with E-state index in [0.717, 1.165) is 31.4 Å². The Morgan fingerprint density at radius 2 is 2.26 bits per heavy atom. The van der Waals surface area contributed by atoms with Crippen LogP contribution in [0.5, 0.6) is 0 Å². The SMILES string of the molecule is O=C([C@@H]1C[C@@H]1c1cccc(F)c1)N1CCC[C@H](n2cncn2)C1. The maximum absolute atomic E-state index is 13.3. The first-order valence-corrected chi connectivity index (χ1v) is 8.11. The molecule has 0 N–H and O–H groups in total. The second-order valence-electron chi connectivity index (χ2n) is 6.46. The van der Waals surface area contributed by atoms with Gasteiger partial charge in [0.15, 0.2) is 0 Å². The highest BCUT2D eigenvalue weighted by atomic mass is 19.1. The summed E-state index contributed by atoms with van der Waals surface area (Å²) in [7, 11) is 0. The van der Waals surface area contributed by atoms with Crippen LogP contribution in [0.1, 0.15) is 36.8 Å². The third-order valence-corrected chi connectivity index (χ3v) is 4.90. The maximum atomic E-state index is 13.3. The number of benzene rings is 1. The third kappa shape index (κ3) is 2.85. The highest BCUT2D eigenvalue weighted by Crippen LogP contribution is 2.48. The molecule has 6 heteroatoms. The van der Waals surface area contributed by atoms with E-state index in [0.29, 0.717) is 6.54 Å². The molecule has 1 saturated carbocycles. The summed E-state index contributed by atoms with van der Waals surface area (Å²) in [5.41, 5.74) is 0.938. The molecule has 0 spiro atoms. The zero-order valence-corrected chi connectivity index (χ0v) is 12.8. The van der Waals surface area contributed by atoms with Gasteiger partial charge in [0.1, 0.15) is 18.5 Å². The van der Waals surface area contributed by atoms with Gasteiger partial charge < -0.3 is 4.90 Å². The Labute approximate surface area is 134 Å². The van der Waals surface area contributed by atoms with Gasteiger partial charge in [-0.15, -0.1) is 0 Å². The van der Waals surface area contributed by atoms with E-state index in [2.05, 4.69) is 10.1 Å². The lowest BCUT2D eigenvalue weighted by Gasteiger charge is -2.32. The molecule has 0 radical (unpaired) electrons. The van der Waals surface area contributed by atoms with Crippen LogP contribution in [0.2, 0.25) is 0 Å². The lowest BCUT2D eigenvalue weighted by Crippen LogP contribution is -2.41. The molecule has 120 valence electrons. The van der Waals surface area contributed by atoms with Gasteiger partial charge in [-0.3, -0.25) is 4.79 Å². The largest absolute Gasteiger partial charge is 0.340 e. The lowest BCUT2D eigenvalue weighted by atomic mass is 10.0. The summed E-state index contributed by atoms with van der Waals surface area (Å²) < 4.78 is 15.2. The van der Waals surface area contributed by atoms with E-state index < -0.39 is 0 Å². The predicted octanol–water partition coefficient (Wildman–Crippen LogP) is 2.38. The number of carbonyl (C=O) groups is 1. The average Bonchev–Trinajstić information content (AvgIpc) is 3.19. The Bertz CT molecular complexity index is 702. The molecule has 0 unspecified atom stereocenters. The van der Waals surface area contributed by atoms with E-state index >= 15 is 0 Å². The first-order valence-electron chi connectivity index (χ1n) is 8.11. The first-order chi connectivity index (χ1) is 11.2. The topological polar surface area (TPSA) is 51.0 Å². The minimum absolute atomic E-state index is 0.00583. The molecule has 3 atom stereocenters. The quantitative estimate of drug-likeness (QED) is 0.874. The molecular formula is C17H19FN4O. The number of carbonyl (C=O) groups excluding carboxylic acids is 1. The minimum Gasteiger partial charge on any atom is -0.340 e. The number of piperidine rings is 1. The van der Waals surface area contributed by atoms with Crippen molar-refractivity contribution in [3.05, 3.63) is 48.3 Å². The van der Waals surface area contributed by atoms with Crippen LogP contribution in [-0.4, -0.2) is 38.7 Å². The van der Waals surface area contributed by atoms with E-state index in [9.17, 15) is 9.18 Å². The van der Waals surface area contributed by atoms with Crippen molar-refractivity contribution >= 4 is 5.91 Å². The number of nitrogens with zero attached hydrogens (tertiary/aromatic N) is 4. The molecular weight excluding hydrogens is 295 g/mol. The second kappa shape index (κ2) is 5.76. The maximum Gasteiger partial charge on any atom is 0.226 e. The van der Waals surface area contributed by atoms with Gasteiger partial charge in [-0.05, 0) is 42.9 Å². The molecule has 4 rings (SSSR count). The number of hydrogen-bond donors (Lipinski definition) is 0. The highest BCUT2D eigenvalue weighted by Gasteiger charge is 2.46. The van der Waals surface area contributed by atoms with Gasteiger partial charge in [0.05, 0.1) is 6.04 Å². The molecule has 2 aromatic rings. The third-order valence-electron chi connectivity index (χ3n) is 4.90. The average molecular weight is 314 g/mol. The van der Waals surface area contributed by atoms with Crippen molar-refractivity contribution in [2.45, 2.75) is 31.2 Å². The molecule has 5 nitrogen and oxygen atoms in total. The van der Waals surface area contributed by atoms with E-state index in [1.165, 1.54) is 12.4 Å². The Morgan fingerprint density at radius 1 is 1.35 bits per heavy atom. The standard InChI is InChI=1S/C17H19FN4O/c18-13-4-1-3-12(7-13)15-8-16(15)17(23)21-6-2-5-14(9-21)22-11-19-10-20-22/h1,3-4,7,10-11,14-16H,2,5-6,8-9H2/t14-,15+,16+/m0/s1. The first kappa shape index (κ1) is 14.4. The Kier molecular flexibility index (Phi) is 3.59. The zero-order valence-electron chi connectivity index (χ0n) is 12.8. The van der Waals surface area contributed by atoms with Gasteiger partial charge >= 0.3 is 0 Å². The van der Waals surface area contributed by atoms with Gasteiger partial charge in [-0.25, -0.2) is 14.1 Å². The summed E-state index contributed by atoms with van der Waals surface area (Å²) in [6.45, 7) is 1.49. The summed E-state index contributed by atoms with van der Waals surface area (Å²) in [6, 6.07) is 6.82. The van der Waals surface area contributed by atoms with E-state index in [1.807, 2.05) is 15.6 Å². The van der Waals surface area contributed by atoms with Crippen LogP contribution in [0.15, 0.2) is 36.9 Å². The number of aromatic nitrogens is 3. The van der Waals surface area contributed by atoms with Crippen molar-refractivity contribution in [3.8, 4) is 0 Å². The van der Waals surface area contributed by atoms with Gasteiger partial charge in [0.25, 0.3) is 0 Å². The molecule has 1 saturated heterocycles. The van der Waals surface area contributed by atoms with Crippen molar-refractivity contribution in [1.29, 1.82) is 0 Å². The van der Waals surface area contributed by atoms with E-state index in [4.69, 9.17) is 0 Å². The lowest BCUT2D eigenvalue weighted by molar-refractivity contribution is -0.134. The van der Waals surface area contributed by atoms with Crippen LogP contribution < -0.4 is 0 Å². The Morgan fingerprint density at radius 3 is 3.04 bits per heavy atom. The van der Waals surface area contributed by atoms with Crippen molar-refractivity contribution in [2.75, 3.05) is 13.1 Å². The number of likely N-dealkylation sites (tertiary alicyclic amines) is 1. The van der Waals surface area contributed by atoms with E-state index in [1.54, 1.807) is 18.5 Å². The summed E-state index contributed by atoms with van der Waals surface area (Å²) in [5.74, 6) is 0.144. The normalized spacial score (nSPS) is 27.0. The summed E-state index contributed by atoms with van der Waals surface area (Å²) in [6.07, 6.45) is 6.07. The van der Waals surface area contributed by atoms with Crippen LogP contribution in [0, 0.1) is 11.7 Å². The fourth-order valence-electron chi connectivity index (χ4n) is 3.58. The summed E-state index contributed by atoms with van der Waals surface area (Å²) in [4.78, 5) is 18.7. The summed E-state index contributed by atoms with van der Waals surface area (Å²) >= 11 is 0. The zero-order chi connectivity index (χ0) is 15.8. The van der Waals surface area contributed by atoms with Gasteiger partial charge in [0.2, 0.25) is 5.91 Å². The van der Waals surface area contributed by atoms with Crippen LogP contribution in [-0.2, 0) is 4.79 Å². The second-order valence-corrected chi connectivity index (χ2v) is 6.46. The predicted molar refractivity (Wildman–Crippen MR) is 82.1 cm³/mol. The van der Waals surface area contributed by atoms with Crippen LogP contribution in [0.3, 0.4) is 0 Å². The van der Waals surface area contributed by atoms with Crippen molar-refractivity contribution in [1.82, 2.24) is 19.7 Å². The molecule has 1 amide bonds. The summed E-state index contributed by atoms with van der Waals surface area (Å²) in [5, 5.41) is 4.19. The van der Waals surface area contributed by atoms with Crippen LogP contribution >= 0.6 is 0 Å². The molecule has 2 heterocycles. The number of amides is 1. The highest BCUT2D eigenvalue weighted by molar-refractivity contribution is 5.83. The van der Waals surface area contributed by atoms with Crippen molar-refractivity contribution in [2.24, 2.45) is 5.92 Å². The molecule has 0 bridgehead atoms. The molecule has 1 aliphatic carbocycles. The smallest absolute Gasteiger partial charge is 0.226 e. The van der Waals surface area contributed by atoms with Gasteiger partial charge in [-0.1, -0.05) is 12.1 Å². The Hall–Kier alpha value is -2.24. The van der Waals surface area contributed by atoms with E-state index in [-0.39, 0.29) is 29.6 Å². The fourth-order valence-corrected chi connectivity index (χ4v) is 3.58. The van der Waals surface area contributed by atoms with Gasteiger partial charge in [0, 0.05) is 19.0 Å². The molecule has 1 aromatic carbocycles. The Balaban J connectivity index is 1.42. The van der Waals surface area contributed by atoms with Crippen molar-refractivity contribution in [3.63, 3.8) is 0 Å². The fraction of sp³-hybridized carbons (Fsp3) is 0.471. The molecule has 1 aliphatic heterocycles. The number of halogens is 1. The van der Waals surface area contributed by atoms with Crippen LogP contribution in [0.4, 0.5) is 4.39 Å². The monoisotopic (exact) mass is 314 g/mol. The molecule has 2 aliphatic rings.